The third-order valence-electron chi connectivity index (χ3n) is 5.55. The normalized spacial score (nSPS) is 18.2. The minimum atomic E-state index is -0.721. The summed E-state index contributed by atoms with van der Waals surface area (Å²) in [6.45, 7) is 3.99. The van der Waals surface area contributed by atoms with Crippen molar-refractivity contribution in [2.45, 2.75) is 20.0 Å². The quantitative estimate of drug-likeness (QED) is 0.580. The van der Waals surface area contributed by atoms with E-state index in [0.717, 1.165) is 28.3 Å². The zero-order chi connectivity index (χ0) is 22.8. The number of aryl methyl sites for hydroxylation is 1. The number of hydrogen-bond donors (Lipinski definition) is 1. The van der Waals surface area contributed by atoms with Gasteiger partial charge in [-0.2, -0.15) is 15.6 Å². The molecule has 0 radical (unpaired) electrons. The Morgan fingerprint density at radius 3 is 2.38 bits per heavy atom. The lowest BCUT2D eigenvalue weighted by Gasteiger charge is -2.21. The number of nitriles is 2. The fourth-order valence-electron chi connectivity index (χ4n) is 3.96. The number of aromatic nitrogens is 1. The zero-order valence-corrected chi connectivity index (χ0v) is 18.5. The number of halogens is 1. The highest BCUT2D eigenvalue weighted by atomic mass is 35.5. The smallest absolute Gasteiger partial charge is 0.127 e. The molecule has 0 saturated carbocycles. The average Bonchev–Trinajstić information content (AvgIpc) is 3.28. The van der Waals surface area contributed by atoms with Gasteiger partial charge < -0.3 is 10.3 Å². The molecule has 6 nitrogen and oxygen atoms in total. The first kappa shape index (κ1) is 21.4. The lowest BCUT2D eigenvalue weighted by atomic mass is 9.95. The molecule has 32 heavy (non-hydrogen) atoms. The first-order valence-corrected chi connectivity index (χ1v) is 10.5. The third-order valence-corrected chi connectivity index (χ3v) is 5.80. The zero-order valence-electron chi connectivity index (χ0n) is 17.7. The summed E-state index contributed by atoms with van der Waals surface area (Å²) in [5, 5.41) is 26.5. The molecule has 1 aliphatic heterocycles. The van der Waals surface area contributed by atoms with Crippen LogP contribution in [0.3, 0.4) is 0 Å². The molecule has 0 amide bonds. The van der Waals surface area contributed by atoms with Crippen molar-refractivity contribution in [1.29, 1.82) is 10.5 Å². The highest BCUT2D eigenvalue weighted by Gasteiger charge is 2.37. The standard InChI is InChI=1S/C25H21ClN6/c1-16-12-18(17(2)31(16)21-10-8-20(26)9-11-21)13-19(14-27)24-23(15-28)25(29)32(30-24)22-6-4-3-5-7-22/h3-13,23,25H,29H2,1-2H3/b19-13-/t23-,25+/m1/s1. The average molecular weight is 441 g/mol. The van der Waals surface area contributed by atoms with E-state index in [1.807, 2.05) is 74.5 Å². The molecule has 0 saturated heterocycles. The number of allylic oxidation sites excluding steroid dienone is 1. The van der Waals surface area contributed by atoms with Crippen molar-refractivity contribution in [2.24, 2.45) is 16.8 Å². The second-order valence-electron chi connectivity index (χ2n) is 7.57. The Kier molecular flexibility index (Phi) is 5.83. The summed E-state index contributed by atoms with van der Waals surface area (Å²) < 4.78 is 2.09. The summed E-state index contributed by atoms with van der Waals surface area (Å²) in [4.78, 5) is 0. The van der Waals surface area contributed by atoms with E-state index in [1.165, 1.54) is 0 Å². The van der Waals surface area contributed by atoms with E-state index in [4.69, 9.17) is 17.3 Å². The molecule has 0 spiro atoms. The topological polar surface area (TPSA) is 94.1 Å². The Morgan fingerprint density at radius 1 is 1.06 bits per heavy atom. The Balaban J connectivity index is 1.76. The predicted octanol–water partition coefficient (Wildman–Crippen LogP) is 4.96. The summed E-state index contributed by atoms with van der Waals surface area (Å²) in [7, 11) is 0. The van der Waals surface area contributed by atoms with Crippen LogP contribution < -0.4 is 10.7 Å². The first-order valence-electron chi connectivity index (χ1n) is 10.1. The second kappa shape index (κ2) is 8.72. The van der Waals surface area contributed by atoms with E-state index >= 15 is 0 Å². The molecule has 0 unspecified atom stereocenters. The number of nitrogens with zero attached hydrogens (tertiary/aromatic N) is 5. The van der Waals surface area contributed by atoms with Crippen molar-refractivity contribution in [1.82, 2.24) is 4.57 Å². The third kappa shape index (κ3) is 3.78. The molecule has 7 heteroatoms. The van der Waals surface area contributed by atoms with Gasteiger partial charge in [0.05, 0.1) is 23.0 Å². The molecule has 3 aromatic rings. The number of hydrazone groups is 1. The van der Waals surface area contributed by atoms with Crippen LogP contribution in [-0.2, 0) is 0 Å². The SMILES string of the molecule is Cc1cc(/C=C(/C#N)C2=NN(c3ccccc3)[C@H](N)[C@@H]2C#N)c(C)n1-c1ccc(Cl)cc1. The van der Waals surface area contributed by atoms with Crippen molar-refractivity contribution in [3.05, 3.63) is 88.2 Å². The Hall–Kier alpha value is -3.84. The fourth-order valence-corrected chi connectivity index (χ4v) is 4.08. The Morgan fingerprint density at radius 2 is 1.75 bits per heavy atom. The number of hydrogen-bond acceptors (Lipinski definition) is 5. The van der Waals surface area contributed by atoms with Crippen LogP contribution in [0.4, 0.5) is 5.69 Å². The number of rotatable bonds is 4. The molecule has 1 aliphatic rings. The van der Waals surface area contributed by atoms with Gasteiger partial charge in [0.1, 0.15) is 18.2 Å². The highest BCUT2D eigenvalue weighted by Crippen LogP contribution is 2.30. The van der Waals surface area contributed by atoms with Crippen molar-refractivity contribution in [3.63, 3.8) is 0 Å². The van der Waals surface area contributed by atoms with Crippen LogP contribution in [0.15, 0.2) is 71.3 Å². The Labute approximate surface area is 192 Å². The van der Waals surface area contributed by atoms with Crippen molar-refractivity contribution < 1.29 is 0 Å². The van der Waals surface area contributed by atoms with Gasteiger partial charge in [-0.05, 0) is 68.0 Å². The van der Waals surface area contributed by atoms with Crippen LogP contribution in [-0.4, -0.2) is 16.4 Å². The first-order chi connectivity index (χ1) is 15.4. The van der Waals surface area contributed by atoms with E-state index in [9.17, 15) is 10.5 Å². The lowest BCUT2D eigenvalue weighted by molar-refractivity contribution is 0.624. The molecule has 0 bridgehead atoms. The van der Waals surface area contributed by atoms with Crippen molar-refractivity contribution in [3.8, 4) is 17.8 Å². The van der Waals surface area contributed by atoms with Gasteiger partial charge in [0.25, 0.3) is 0 Å². The summed E-state index contributed by atoms with van der Waals surface area (Å²) in [6, 6.07) is 23.4. The number of anilines is 1. The summed E-state index contributed by atoms with van der Waals surface area (Å²) in [5.74, 6) is -0.721. The minimum absolute atomic E-state index is 0.321. The molecule has 2 atom stereocenters. The van der Waals surface area contributed by atoms with E-state index in [2.05, 4.69) is 21.8 Å². The van der Waals surface area contributed by atoms with Gasteiger partial charge in [-0.1, -0.05) is 29.8 Å². The second-order valence-corrected chi connectivity index (χ2v) is 8.01. The minimum Gasteiger partial charge on any atom is -0.318 e. The van der Waals surface area contributed by atoms with Gasteiger partial charge in [0, 0.05) is 22.1 Å². The van der Waals surface area contributed by atoms with Crippen LogP contribution in [0.5, 0.6) is 0 Å². The van der Waals surface area contributed by atoms with Gasteiger partial charge >= 0.3 is 0 Å². The maximum Gasteiger partial charge on any atom is 0.127 e. The van der Waals surface area contributed by atoms with Gasteiger partial charge in [-0.15, -0.1) is 0 Å². The summed E-state index contributed by atoms with van der Waals surface area (Å²) in [6.07, 6.45) is 1.11. The van der Waals surface area contributed by atoms with Crippen molar-refractivity contribution >= 4 is 29.1 Å². The molecule has 0 aliphatic carbocycles. The van der Waals surface area contributed by atoms with Gasteiger partial charge in [-0.25, -0.2) is 5.01 Å². The summed E-state index contributed by atoms with van der Waals surface area (Å²) >= 11 is 6.03. The van der Waals surface area contributed by atoms with E-state index in [1.54, 1.807) is 11.1 Å². The van der Waals surface area contributed by atoms with Gasteiger partial charge in [0.15, 0.2) is 0 Å². The number of nitrogens with two attached hydrogens (primary N) is 1. The van der Waals surface area contributed by atoms with Gasteiger partial charge in [0.2, 0.25) is 0 Å². The lowest BCUT2D eigenvalue weighted by Crippen LogP contribution is -2.40. The molecule has 1 aromatic heterocycles. The maximum atomic E-state index is 9.93. The monoisotopic (exact) mass is 440 g/mol. The molecule has 2 aromatic carbocycles. The molecule has 2 heterocycles. The maximum absolute atomic E-state index is 9.93. The van der Waals surface area contributed by atoms with Crippen LogP contribution in [0, 0.1) is 42.4 Å². The van der Waals surface area contributed by atoms with E-state index in [-0.39, 0.29) is 0 Å². The largest absolute Gasteiger partial charge is 0.318 e. The highest BCUT2D eigenvalue weighted by molar-refractivity contribution is 6.30. The molecular formula is C25H21ClN6. The van der Waals surface area contributed by atoms with Gasteiger partial charge in [-0.3, -0.25) is 0 Å². The molecule has 2 N–H and O–H groups in total. The van der Waals surface area contributed by atoms with Crippen LogP contribution in [0.25, 0.3) is 11.8 Å². The van der Waals surface area contributed by atoms with Crippen LogP contribution >= 0.6 is 11.6 Å². The Bertz CT molecular complexity index is 1290. The molecule has 0 fully saturated rings. The molecule has 4 rings (SSSR count). The fraction of sp³-hybridized carbons (Fsp3) is 0.160. The predicted molar refractivity (Wildman–Crippen MR) is 127 cm³/mol. The van der Waals surface area contributed by atoms with Crippen LogP contribution in [0.2, 0.25) is 5.02 Å². The number of para-hydroxylation sites is 1. The summed E-state index contributed by atoms with van der Waals surface area (Å²) in [5.41, 5.74) is 11.6. The van der Waals surface area contributed by atoms with Crippen molar-refractivity contribution in [2.75, 3.05) is 5.01 Å². The number of benzene rings is 2. The van der Waals surface area contributed by atoms with E-state index < -0.39 is 12.1 Å². The van der Waals surface area contributed by atoms with Crippen LogP contribution in [0.1, 0.15) is 17.0 Å². The van der Waals surface area contributed by atoms with E-state index in [0.29, 0.717) is 16.3 Å². The molecular weight excluding hydrogens is 420 g/mol. The molecule has 158 valence electrons.